The van der Waals surface area contributed by atoms with Crippen LogP contribution in [0.25, 0.3) is 6.08 Å². The summed E-state index contributed by atoms with van der Waals surface area (Å²) in [4.78, 5) is 26.6. The lowest BCUT2D eigenvalue weighted by Gasteiger charge is -2.02. The van der Waals surface area contributed by atoms with Gasteiger partial charge in [0, 0.05) is 5.56 Å². The first-order valence-corrected chi connectivity index (χ1v) is 7.14. The third-order valence-electron chi connectivity index (χ3n) is 3.19. The number of cyclic esters (lactones) is 1. The van der Waals surface area contributed by atoms with Gasteiger partial charge in [-0.25, -0.2) is 14.6 Å². The maximum absolute atomic E-state index is 11.9. The van der Waals surface area contributed by atoms with Crippen LogP contribution in [0.1, 0.15) is 11.1 Å². The summed E-state index contributed by atoms with van der Waals surface area (Å²) in [6, 6.07) is 15.8. The van der Waals surface area contributed by atoms with Crippen LogP contribution in [0, 0.1) is 0 Å². The van der Waals surface area contributed by atoms with Crippen molar-refractivity contribution in [3.8, 4) is 5.75 Å². The first-order valence-electron chi connectivity index (χ1n) is 7.14. The van der Waals surface area contributed by atoms with E-state index in [4.69, 9.17) is 14.6 Å². The van der Waals surface area contributed by atoms with Crippen molar-refractivity contribution in [1.82, 2.24) is 0 Å². The van der Waals surface area contributed by atoms with E-state index in [1.165, 1.54) is 0 Å². The zero-order valence-corrected chi connectivity index (χ0v) is 12.5. The summed E-state index contributed by atoms with van der Waals surface area (Å²) in [5.74, 6) is -0.854. The lowest BCUT2D eigenvalue weighted by molar-refractivity contribution is -0.139. The van der Waals surface area contributed by atoms with Gasteiger partial charge in [-0.05, 0) is 35.9 Å². The van der Waals surface area contributed by atoms with Crippen LogP contribution in [0.15, 0.2) is 65.3 Å². The van der Waals surface area contributed by atoms with Crippen LogP contribution >= 0.6 is 0 Å². The largest absolute Gasteiger partial charge is 0.482 e. The number of rotatable bonds is 5. The van der Waals surface area contributed by atoms with Crippen LogP contribution < -0.4 is 4.74 Å². The SMILES string of the molecule is O=C(O)COc1ccc(C=C2N=C(c3ccccc3)OC2=O)cc1. The molecule has 0 fully saturated rings. The maximum Gasteiger partial charge on any atom is 0.363 e. The Bertz CT molecular complexity index is 822. The van der Waals surface area contributed by atoms with E-state index in [0.717, 1.165) is 11.1 Å². The number of esters is 1. The Kier molecular flexibility index (Phi) is 4.38. The van der Waals surface area contributed by atoms with Crippen LogP contribution in [0.3, 0.4) is 0 Å². The van der Waals surface area contributed by atoms with Crippen molar-refractivity contribution in [3.63, 3.8) is 0 Å². The molecule has 1 N–H and O–H groups in total. The minimum absolute atomic E-state index is 0.202. The lowest BCUT2D eigenvalue weighted by atomic mass is 10.2. The highest BCUT2D eigenvalue weighted by atomic mass is 16.6. The molecule has 1 aliphatic heterocycles. The van der Waals surface area contributed by atoms with Gasteiger partial charge in [0.15, 0.2) is 12.3 Å². The Balaban J connectivity index is 1.77. The molecule has 0 atom stereocenters. The number of ether oxygens (including phenoxy) is 2. The first-order chi connectivity index (χ1) is 11.6. The molecular formula is C18H13NO5. The molecule has 6 heteroatoms. The molecular weight excluding hydrogens is 310 g/mol. The van der Waals surface area contributed by atoms with Gasteiger partial charge < -0.3 is 14.6 Å². The minimum Gasteiger partial charge on any atom is -0.482 e. The van der Waals surface area contributed by atoms with Crippen molar-refractivity contribution in [1.29, 1.82) is 0 Å². The molecule has 2 aromatic carbocycles. The van der Waals surface area contributed by atoms with Gasteiger partial charge in [-0.3, -0.25) is 0 Å². The van der Waals surface area contributed by atoms with Crippen molar-refractivity contribution in [3.05, 3.63) is 71.4 Å². The Hall–Kier alpha value is -3.41. The molecule has 1 aliphatic rings. The van der Waals surface area contributed by atoms with Crippen LogP contribution in [-0.2, 0) is 14.3 Å². The standard InChI is InChI=1S/C18H13NO5/c20-16(21)11-23-14-8-6-12(7-9-14)10-15-18(22)24-17(19-15)13-4-2-1-3-5-13/h1-10H,11H2,(H,20,21). The van der Waals surface area contributed by atoms with Gasteiger partial charge in [-0.2, -0.15) is 0 Å². The van der Waals surface area contributed by atoms with Crippen molar-refractivity contribution >= 4 is 23.9 Å². The second-order valence-electron chi connectivity index (χ2n) is 4.95. The van der Waals surface area contributed by atoms with E-state index in [9.17, 15) is 9.59 Å². The Morgan fingerprint density at radius 1 is 1.12 bits per heavy atom. The molecule has 24 heavy (non-hydrogen) atoms. The lowest BCUT2D eigenvalue weighted by Crippen LogP contribution is -2.09. The molecule has 0 aliphatic carbocycles. The molecule has 0 unspecified atom stereocenters. The number of aliphatic carboxylic acids is 1. The fraction of sp³-hybridized carbons (Fsp3) is 0.0556. The van der Waals surface area contributed by atoms with Crippen molar-refractivity contribution in [2.24, 2.45) is 4.99 Å². The van der Waals surface area contributed by atoms with Gasteiger partial charge in [0.2, 0.25) is 5.90 Å². The summed E-state index contributed by atoms with van der Waals surface area (Å²) in [6.45, 7) is -0.405. The molecule has 0 radical (unpaired) electrons. The monoisotopic (exact) mass is 323 g/mol. The van der Waals surface area contributed by atoms with Crippen molar-refractivity contribution in [2.45, 2.75) is 0 Å². The average molecular weight is 323 g/mol. The van der Waals surface area contributed by atoms with E-state index < -0.39 is 18.5 Å². The average Bonchev–Trinajstić information content (AvgIpc) is 2.96. The quantitative estimate of drug-likeness (QED) is 0.675. The number of nitrogens with zero attached hydrogens (tertiary/aromatic N) is 1. The van der Waals surface area contributed by atoms with Crippen LogP contribution in [0.4, 0.5) is 0 Å². The molecule has 1 heterocycles. The molecule has 0 amide bonds. The van der Waals surface area contributed by atoms with E-state index in [-0.39, 0.29) is 11.6 Å². The van der Waals surface area contributed by atoms with E-state index in [1.807, 2.05) is 30.3 Å². The predicted molar refractivity (Wildman–Crippen MR) is 86.6 cm³/mol. The van der Waals surface area contributed by atoms with Crippen molar-refractivity contribution in [2.75, 3.05) is 6.61 Å². The topological polar surface area (TPSA) is 85.2 Å². The van der Waals surface area contributed by atoms with Gasteiger partial charge in [-0.15, -0.1) is 0 Å². The number of carboxylic acids is 1. The van der Waals surface area contributed by atoms with Gasteiger partial charge in [0.1, 0.15) is 5.75 Å². The Morgan fingerprint density at radius 3 is 2.50 bits per heavy atom. The summed E-state index contributed by atoms with van der Waals surface area (Å²) in [6.07, 6.45) is 1.60. The summed E-state index contributed by atoms with van der Waals surface area (Å²) < 4.78 is 10.2. The van der Waals surface area contributed by atoms with Gasteiger partial charge in [-0.1, -0.05) is 30.3 Å². The number of hydrogen-bond acceptors (Lipinski definition) is 5. The van der Waals surface area contributed by atoms with Crippen LogP contribution in [0.2, 0.25) is 0 Å². The summed E-state index contributed by atoms with van der Waals surface area (Å²) in [5, 5.41) is 8.57. The van der Waals surface area contributed by atoms with E-state index in [1.54, 1.807) is 30.3 Å². The first kappa shape index (κ1) is 15.5. The van der Waals surface area contributed by atoms with Gasteiger partial charge >= 0.3 is 11.9 Å². The molecule has 0 saturated carbocycles. The number of aliphatic imine (C=N–C) groups is 1. The highest BCUT2D eigenvalue weighted by Crippen LogP contribution is 2.20. The number of carboxylic acid groups (broad SMARTS) is 1. The second kappa shape index (κ2) is 6.78. The molecule has 0 aromatic heterocycles. The summed E-state index contributed by atoms with van der Waals surface area (Å²) >= 11 is 0. The highest BCUT2D eigenvalue weighted by Gasteiger charge is 2.23. The fourth-order valence-corrected chi connectivity index (χ4v) is 2.08. The molecule has 0 saturated heterocycles. The predicted octanol–water partition coefficient (Wildman–Crippen LogP) is 2.49. The van der Waals surface area contributed by atoms with E-state index in [0.29, 0.717) is 5.75 Å². The zero-order chi connectivity index (χ0) is 16.9. The summed E-state index contributed by atoms with van der Waals surface area (Å²) in [5.41, 5.74) is 1.66. The second-order valence-corrected chi connectivity index (χ2v) is 4.95. The van der Waals surface area contributed by atoms with Gasteiger partial charge in [0.25, 0.3) is 0 Å². The molecule has 3 rings (SSSR count). The van der Waals surface area contributed by atoms with E-state index in [2.05, 4.69) is 4.99 Å². The summed E-state index contributed by atoms with van der Waals surface area (Å²) in [7, 11) is 0. The molecule has 2 aromatic rings. The number of benzene rings is 2. The number of hydrogen-bond donors (Lipinski definition) is 1. The molecule has 0 spiro atoms. The van der Waals surface area contributed by atoms with Crippen molar-refractivity contribution < 1.29 is 24.2 Å². The number of carbonyl (C=O) groups excluding carboxylic acids is 1. The normalized spacial score (nSPS) is 15.1. The van der Waals surface area contributed by atoms with Crippen LogP contribution in [0.5, 0.6) is 5.75 Å². The Morgan fingerprint density at radius 2 is 1.83 bits per heavy atom. The van der Waals surface area contributed by atoms with E-state index >= 15 is 0 Å². The zero-order valence-electron chi connectivity index (χ0n) is 12.5. The molecule has 120 valence electrons. The Labute approximate surface area is 137 Å². The highest BCUT2D eigenvalue weighted by molar-refractivity contribution is 6.12. The minimum atomic E-state index is -1.04. The maximum atomic E-state index is 11.9. The molecule has 6 nitrogen and oxygen atoms in total. The third-order valence-corrected chi connectivity index (χ3v) is 3.19. The van der Waals surface area contributed by atoms with Crippen LogP contribution in [-0.4, -0.2) is 29.5 Å². The third kappa shape index (κ3) is 3.67. The number of carbonyl (C=O) groups is 2. The van der Waals surface area contributed by atoms with Gasteiger partial charge in [0.05, 0.1) is 0 Å². The fourth-order valence-electron chi connectivity index (χ4n) is 2.08. The molecule has 0 bridgehead atoms. The smallest absolute Gasteiger partial charge is 0.363 e.